The van der Waals surface area contributed by atoms with Gasteiger partial charge < -0.3 is 10.1 Å². The summed E-state index contributed by atoms with van der Waals surface area (Å²) in [5, 5.41) is 2.55. The number of hydrogen-bond acceptors (Lipinski definition) is 2. The van der Waals surface area contributed by atoms with Gasteiger partial charge in [-0.2, -0.15) is 26.3 Å². The van der Waals surface area contributed by atoms with Crippen molar-refractivity contribution in [2.24, 2.45) is 0 Å². The van der Waals surface area contributed by atoms with Crippen molar-refractivity contribution < 1.29 is 31.1 Å². The topological polar surface area (TPSA) is 21.3 Å². The smallest absolute Gasteiger partial charge is 0.383 e. The van der Waals surface area contributed by atoms with E-state index >= 15 is 0 Å². The molecule has 0 unspecified atom stereocenters. The van der Waals surface area contributed by atoms with Crippen LogP contribution in [0.4, 0.5) is 32.0 Å². The molecule has 1 aromatic carbocycles. The molecule has 0 bridgehead atoms. The van der Waals surface area contributed by atoms with Crippen LogP contribution in [0.2, 0.25) is 0 Å². The van der Waals surface area contributed by atoms with E-state index in [-0.39, 0.29) is 18.8 Å². The summed E-state index contributed by atoms with van der Waals surface area (Å²) in [6, 6.07) is 4.38. The van der Waals surface area contributed by atoms with Crippen LogP contribution in [0.25, 0.3) is 0 Å². The van der Waals surface area contributed by atoms with Gasteiger partial charge >= 0.3 is 12.4 Å². The second kappa shape index (κ2) is 6.14. The molecule has 108 valence electrons. The van der Waals surface area contributed by atoms with Gasteiger partial charge in [0, 0.05) is 12.2 Å². The first-order valence-electron chi connectivity index (χ1n) is 5.24. The third kappa shape index (κ3) is 6.32. The fourth-order valence-electron chi connectivity index (χ4n) is 1.26. The number of nitrogens with one attached hydrogen (secondary N) is 1. The van der Waals surface area contributed by atoms with Gasteiger partial charge in [-0.15, -0.1) is 0 Å². The Kier molecular flexibility index (Phi) is 5.04. The number of hydrogen-bond donors (Lipinski definition) is 1. The average molecular weight is 287 g/mol. The van der Waals surface area contributed by atoms with Gasteiger partial charge in [0.1, 0.15) is 6.61 Å². The molecule has 0 atom stereocenters. The summed E-state index contributed by atoms with van der Waals surface area (Å²) in [4.78, 5) is 0. The Morgan fingerprint density at radius 1 is 1.05 bits per heavy atom. The van der Waals surface area contributed by atoms with E-state index in [0.29, 0.717) is 0 Å². The maximum atomic E-state index is 12.4. The van der Waals surface area contributed by atoms with Gasteiger partial charge in [0.15, 0.2) is 0 Å². The first-order valence-corrected chi connectivity index (χ1v) is 5.24. The molecule has 1 rings (SSSR count). The lowest BCUT2D eigenvalue weighted by Gasteiger charge is -2.11. The van der Waals surface area contributed by atoms with Gasteiger partial charge in [-0.25, -0.2) is 0 Å². The summed E-state index contributed by atoms with van der Waals surface area (Å²) < 4.78 is 76.6. The minimum atomic E-state index is -4.45. The molecule has 0 aromatic heterocycles. The summed E-state index contributed by atoms with van der Waals surface area (Å²) in [5.74, 6) is 0. The maximum Gasteiger partial charge on any atom is 0.416 e. The molecule has 0 saturated carbocycles. The van der Waals surface area contributed by atoms with E-state index in [1.54, 1.807) is 0 Å². The summed E-state index contributed by atoms with van der Waals surface area (Å²) in [6.45, 7) is -1.65. The molecule has 2 nitrogen and oxygen atoms in total. The minimum Gasteiger partial charge on any atom is -0.383 e. The van der Waals surface area contributed by atoms with Gasteiger partial charge in [-0.1, -0.05) is 6.07 Å². The zero-order chi connectivity index (χ0) is 14.5. The monoisotopic (exact) mass is 287 g/mol. The highest BCUT2D eigenvalue weighted by Crippen LogP contribution is 2.30. The van der Waals surface area contributed by atoms with Crippen molar-refractivity contribution in [3.05, 3.63) is 29.8 Å². The highest BCUT2D eigenvalue weighted by atomic mass is 19.4. The molecule has 8 heteroatoms. The summed E-state index contributed by atoms with van der Waals surface area (Å²) in [6.07, 6.45) is -8.86. The second-order valence-electron chi connectivity index (χ2n) is 3.67. The lowest BCUT2D eigenvalue weighted by atomic mass is 10.2. The Morgan fingerprint density at radius 2 is 1.74 bits per heavy atom. The lowest BCUT2D eigenvalue weighted by Crippen LogP contribution is -2.20. The normalized spacial score (nSPS) is 12.5. The van der Waals surface area contributed by atoms with Gasteiger partial charge in [0.25, 0.3) is 0 Å². The van der Waals surface area contributed by atoms with Crippen molar-refractivity contribution >= 4 is 5.69 Å². The first-order chi connectivity index (χ1) is 8.68. The van der Waals surface area contributed by atoms with Gasteiger partial charge in [-0.05, 0) is 18.2 Å². The molecule has 0 amide bonds. The van der Waals surface area contributed by atoms with E-state index < -0.39 is 24.5 Å². The van der Waals surface area contributed by atoms with Crippen molar-refractivity contribution in [1.29, 1.82) is 0 Å². The predicted octanol–water partition coefficient (Wildman–Crippen LogP) is 3.70. The number of rotatable bonds is 5. The summed E-state index contributed by atoms with van der Waals surface area (Å²) in [5.41, 5.74) is -0.654. The van der Waals surface area contributed by atoms with E-state index in [0.717, 1.165) is 12.1 Å². The van der Waals surface area contributed by atoms with Crippen LogP contribution in [0.3, 0.4) is 0 Å². The van der Waals surface area contributed by atoms with Crippen molar-refractivity contribution in [3.8, 4) is 0 Å². The van der Waals surface area contributed by atoms with Crippen LogP contribution in [0.15, 0.2) is 24.3 Å². The Hall–Kier alpha value is -1.44. The van der Waals surface area contributed by atoms with Crippen LogP contribution in [-0.2, 0) is 10.9 Å². The fraction of sp³-hybridized carbons (Fsp3) is 0.455. The highest BCUT2D eigenvalue weighted by molar-refractivity contribution is 5.46. The number of benzene rings is 1. The molecule has 0 spiro atoms. The Balaban J connectivity index is 2.38. The SMILES string of the molecule is FC(F)(F)COCCNc1cccc(C(F)(F)F)c1. The average Bonchev–Trinajstić information content (AvgIpc) is 2.26. The molecule has 1 N–H and O–H groups in total. The van der Waals surface area contributed by atoms with Crippen molar-refractivity contribution in [1.82, 2.24) is 0 Å². The molecule has 0 heterocycles. The van der Waals surface area contributed by atoms with E-state index in [1.807, 2.05) is 0 Å². The third-order valence-electron chi connectivity index (χ3n) is 2.03. The largest absolute Gasteiger partial charge is 0.416 e. The molecule has 0 aliphatic carbocycles. The van der Waals surface area contributed by atoms with Crippen LogP contribution in [-0.4, -0.2) is 25.9 Å². The standard InChI is InChI=1S/C11H11F6NO/c12-10(13,14)7-19-5-4-18-9-3-1-2-8(6-9)11(15,16)17/h1-3,6,18H,4-5,7H2. The Bertz CT molecular complexity index is 401. The zero-order valence-corrected chi connectivity index (χ0v) is 9.61. The summed E-state index contributed by atoms with van der Waals surface area (Å²) in [7, 11) is 0. The first kappa shape index (κ1) is 15.6. The number of alkyl halides is 6. The molecule has 1 aromatic rings. The quantitative estimate of drug-likeness (QED) is 0.658. The molecule has 0 radical (unpaired) electrons. The Labute approximate surface area is 105 Å². The molecule has 0 fully saturated rings. The minimum absolute atomic E-state index is 0.0165. The fourth-order valence-corrected chi connectivity index (χ4v) is 1.26. The van der Waals surface area contributed by atoms with Crippen LogP contribution >= 0.6 is 0 Å². The van der Waals surface area contributed by atoms with E-state index in [2.05, 4.69) is 10.1 Å². The molecule has 0 aliphatic heterocycles. The van der Waals surface area contributed by atoms with E-state index in [4.69, 9.17) is 0 Å². The van der Waals surface area contributed by atoms with Gasteiger partial charge in [0.05, 0.1) is 12.2 Å². The number of halogens is 6. The van der Waals surface area contributed by atoms with Crippen LogP contribution in [0, 0.1) is 0 Å². The van der Waals surface area contributed by atoms with Crippen molar-refractivity contribution in [2.75, 3.05) is 25.1 Å². The van der Waals surface area contributed by atoms with Crippen LogP contribution in [0.1, 0.15) is 5.56 Å². The zero-order valence-electron chi connectivity index (χ0n) is 9.61. The number of anilines is 1. The molecule has 19 heavy (non-hydrogen) atoms. The summed E-state index contributed by atoms with van der Waals surface area (Å²) >= 11 is 0. The molecular weight excluding hydrogens is 276 g/mol. The van der Waals surface area contributed by atoms with Crippen molar-refractivity contribution in [3.63, 3.8) is 0 Å². The van der Waals surface area contributed by atoms with E-state index in [9.17, 15) is 26.3 Å². The lowest BCUT2D eigenvalue weighted by molar-refractivity contribution is -0.172. The molecule has 0 saturated heterocycles. The van der Waals surface area contributed by atoms with Crippen LogP contribution < -0.4 is 5.32 Å². The second-order valence-corrected chi connectivity index (χ2v) is 3.67. The molecule has 0 aliphatic rings. The Morgan fingerprint density at radius 3 is 2.32 bits per heavy atom. The molecular formula is C11H11F6NO. The number of ether oxygens (including phenoxy) is 1. The maximum absolute atomic E-state index is 12.4. The third-order valence-corrected chi connectivity index (χ3v) is 2.03. The van der Waals surface area contributed by atoms with E-state index in [1.165, 1.54) is 12.1 Å². The highest BCUT2D eigenvalue weighted by Gasteiger charge is 2.30. The van der Waals surface area contributed by atoms with Crippen LogP contribution in [0.5, 0.6) is 0 Å². The van der Waals surface area contributed by atoms with Crippen molar-refractivity contribution in [2.45, 2.75) is 12.4 Å². The van der Waals surface area contributed by atoms with Gasteiger partial charge in [-0.3, -0.25) is 0 Å². The predicted molar refractivity (Wildman–Crippen MR) is 56.8 cm³/mol. The van der Waals surface area contributed by atoms with Gasteiger partial charge in [0.2, 0.25) is 0 Å².